The summed E-state index contributed by atoms with van der Waals surface area (Å²) in [6, 6.07) is 28.0. The van der Waals surface area contributed by atoms with E-state index in [0.29, 0.717) is 34.0 Å². The van der Waals surface area contributed by atoms with Crippen molar-refractivity contribution in [1.82, 2.24) is 30.2 Å². The van der Waals surface area contributed by atoms with Crippen molar-refractivity contribution in [3.05, 3.63) is 120 Å². The molecular formula is C38H40N8O2. The summed E-state index contributed by atoms with van der Waals surface area (Å²) < 4.78 is 3.61. The molecule has 2 saturated heterocycles. The van der Waals surface area contributed by atoms with Crippen LogP contribution in [0.1, 0.15) is 69.4 Å². The van der Waals surface area contributed by atoms with Gasteiger partial charge in [-0.05, 0) is 98.1 Å². The Morgan fingerprint density at radius 2 is 1.02 bits per heavy atom. The average molecular weight is 641 g/mol. The number of benzene rings is 4. The van der Waals surface area contributed by atoms with Gasteiger partial charge in [-0.1, -0.05) is 48.5 Å². The third-order valence-corrected chi connectivity index (χ3v) is 9.46. The highest BCUT2D eigenvalue weighted by atomic mass is 16.1. The molecule has 0 aliphatic carbocycles. The molecule has 8 rings (SSSR count). The van der Waals surface area contributed by atoms with Crippen LogP contribution in [-0.2, 0) is 0 Å². The second kappa shape index (κ2) is 13.8. The van der Waals surface area contributed by atoms with E-state index in [-0.39, 0.29) is 0 Å². The van der Waals surface area contributed by atoms with Crippen molar-refractivity contribution in [3.63, 3.8) is 0 Å². The lowest BCUT2D eigenvalue weighted by Crippen LogP contribution is -2.28. The van der Waals surface area contributed by atoms with Crippen molar-refractivity contribution in [3.8, 4) is 11.4 Å². The molecule has 6 aromatic rings. The molecule has 244 valence electrons. The number of aromatic nitrogens is 4. The maximum Gasteiger partial charge on any atom is 0.250 e. The van der Waals surface area contributed by atoms with Gasteiger partial charge in [-0.15, -0.1) is 0 Å². The Hall–Kier alpha value is -5.32. The zero-order valence-corrected chi connectivity index (χ0v) is 26.8. The molecule has 48 heavy (non-hydrogen) atoms. The van der Waals surface area contributed by atoms with Gasteiger partial charge in [0.05, 0.1) is 22.5 Å². The van der Waals surface area contributed by atoms with Gasteiger partial charge < -0.3 is 22.1 Å². The SMILES string of the molecule is NC(=O)c1cccc2cn(-c3ccc([C@@H]4CCCNC4)cc3)nc12.NC(=O)c1cccc2cn(-c3ccc([C@@H]4CCCNC4)cc3)nc12. The fourth-order valence-electron chi connectivity index (χ4n) is 6.82. The quantitative estimate of drug-likeness (QED) is 0.197. The van der Waals surface area contributed by atoms with E-state index in [1.165, 1.54) is 36.8 Å². The largest absolute Gasteiger partial charge is 0.366 e. The van der Waals surface area contributed by atoms with E-state index in [9.17, 15) is 9.59 Å². The molecule has 2 fully saturated rings. The smallest absolute Gasteiger partial charge is 0.250 e. The number of carbonyl (C=O) groups is 2. The predicted octanol–water partition coefficient (Wildman–Crippen LogP) is 5.18. The fourth-order valence-corrected chi connectivity index (χ4v) is 6.82. The van der Waals surface area contributed by atoms with Crippen LogP contribution >= 0.6 is 0 Å². The standard InChI is InChI=1S/2C19H20N4O/c2*20-19(24)17-5-1-3-15-12-23(22-18(15)17)16-8-6-13(7-9-16)14-4-2-10-21-11-14/h2*1,3,5-9,12,14,21H,2,4,10-11H2,(H2,20,24)/t2*14-/m11/s1. The van der Waals surface area contributed by atoms with Gasteiger partial charge in [0.15, 0.2) is 0 Å². The highest BCUT2D eigenvalue weighted by Crippen LogP contribution is 2.27. The minimum Gasteiger partial charge on any atom is -0.366 e. The van der Waals surface area contributed by atoms with Crippen LogP contribution in [0.4, 0.5) is 0 Å². The van der Waals surface area contributed by atoms with Gasteiger partial charge in [-0.2, -0.15) is 10.2 Å². The number of hydrogen-bond acceptors (Lipinski definition) is 6. The number of nitrogens with zero attached hydrogens (tertiary/aromatic N) is 4. The Bertz CT molecular complexity index is 1900. The van der Waals surface area contributed by atoms with Crippen LogP contribution in [0.15, 0.2) is 97.3 Å². The number of nitrogens with one attached hydrogen (secondary N) is 2. The van der Waals surface area contributed by atoms with Crippen LogP contribution in [0.25, 0.3) is 33.2 Å². The van der Waals surface area contributed by atoms with Crippen molar-refractivity contribution in [1.29, 1.82) is 0 Å². The van der Waals surface area contributed by atoms with Crippen LogP contribution in [0, 0.1) is 0 Å². The van der Waals surface area contributed by atoms with Crippen LogP contribution in [0.2, 0.25) is 0 Å². The molecule has 10 nitrogen and oxygen atoms in total. The first-order chi connectivity index (χ1) is 23.4. The Morgan fingerprint density at radius 3 is 1.38 bits per heavy atom. The number of piperidine rings is 2. The zero-order chi connectivity index (χ0) is 33.0. The Labute approximate surface area is 279 Å². The Kier molecular flexibility index (Phi) is 9.00. The van der Waals surface area contributed by atoms with E-state index in [1.54, 1.807) is 21.5 Å². The third kappa shape index (κ3) is 6.58. The zero-order valence-electron chi connectivity index (χ0n) is 26.8. The first-order valence-electron chi connectivity index (χ1n) is 16.6. The molecule has 0 bridgehead atoms. The molecule has 2 amide bonds. The van der Waals surface area contributed by atoms with Crippen LogP contribution in [0.5, 0.6) is 0 Å². The van der Waals surface area contributed by atoms with Crippen molar-refractivity contribution < 1.29 is 9.59 Å². The van der Waals surface area contributed by atoms with Gasteiger partial charge in [-0.25, -0.2) is 9.36 Å². The molecule has 0 unspecified atom stereocenters. The summed E-state index contributed by atoms with van der Waals surface area (Å²) in [7, 11) is 0. The summed E-state index contributed by atoms with van der Waals surface area (Å²) in [5.74, 6) is 0.272. The molecule has 4 aromatic carbocycles. The van der Waals surface area contributed by atoms with E-state index in [4.69, 9.17) is 11.5 Å². The van der Waals surface area contributed by atoms with Crippen molar-refractivity contribution >= 4 is 33.6 Å². The van der Waals surface area contributed by atoms with E-state index in [0.717, 1.165) is 48.3 Å². The first kappa shape index (κ1) is 31.3. The molecule has 2 aliphatic heterocycles. The van der Waals surface area contributed by atoms with Gasteiger partial charge in [0.1, 0.15) is 11.0 Å². The summed E-state index contributed by atoms with van der Waals surface area (Å²) in [5, 5.41) is 17.8. The van der Waals surface area contributed by atoms with Gasteiger partial charge in [-0.3, -0.25) is 9.59 Å². The number of fused-ring (bicyclic) bond motifs is 2. The van der Waals surface area contributed by atoms with E-state index in [2.05, 4.69) is 69.4 Å². The van der Waals surface area contributed by atoms with Crippen LogP contribution in [-0.4, -0.2) is 57.6 Å². The summed E-state index contributed by atoms with van der Waals surface area (Å²) in [4.78, 5) is 23.1. The number of primary amides is 2. The molecule has 0 spiro atoms. The van der Waals surface area contributed by atoms with E-state index < -0.39 is 11.8 Å². The number of nitrogens with two attached hydrogens (primary N) is 2. The normalized spacial score (nSPS) is 17.9. The van der Waals surface area contributed by atoms with Crippen molar-refractivity contribution in [2.75, 3.05) is 26.2 Å². The second-order valence-corrected chi connectivity index (χ2v) is 12.6. The molecule has 2 aromatic heterocycles. The molecule has 4 heterocycles. The lowest BCUT2D eigenvalue weighted by molar-refractivity contribution is 0.0993. The minimum absolute atomic E-state index is 0.453. The van der Waals surface area contributed by atoms with Crippen LogP contribution < -0.4 is 22.1 Å². The molecule has 2 atom stereocenters. The Balaban J connectivity index is 0.000000152. The van der Waals surface area contributed by atoms with Gasteiger partial charge in [0, 0.05) is 36.3 Å². The predicted molar refractivity (Wildman–Crippen MR) is 189 cm³/mol. The van der Waals surface area contributed by atoms with Crippen LogP contribution in [0.3, 0.4) is 0 Å². The van der Waals surface area contributed by atoms with E-state index >= 15 is 0 Å². The lowest BCUT2D eigenvalue weighted by Gasteiger charge is -2.23. The number of hydrogen-bond donors (Lipinski definition) is 4. The number of carbonyl (C=O) groups excluding carboxylic acids is 2. The second-order valence-electron chi connectivity index (χ2n) is 12.6. The topological polar surface area (TPSA) is 146 Å². The number of rotatable bonds is 6. The van der Waals surface area contributed by atoms with E-state index in [1.807, 2.05) is 36.7 Å². The minimum atomic E-state index is -0.453. The fraction of sp³-hybridized carbons (Fsp3) is 0.263. The monoisotopic (exact) mass is 640 g/mol. The number of amides is 2. The average Bonchev–Trinajstić information content (AvgIpc) is 3.78. The molecule has 0 radical (unpaired) electrons. The molecule has 10 heteroatoms. The van der Waals surface area contributed by atoms with Crippen molar-refractivity contribution in [2.45, 2.75) is 37.5 Å². The first-order valence-corrected chi connectivity index (χ1v) is 16.6. The maximum atomic E-state index is 11.5. The maximum absolute atomic E-state index is 11.5. The van der Waals surface area contributed by atoms with Gasteiger partial charge in [0.2, 0.25) is 0 Å². The highest BCUT2D eigenvalue weighted by Gasteiger charge is 2.17. The molecule has 6 N–H and O–H groups in total. The summed E-state index contributed by atoms with van der Waals surface area (Å²) in [6.07, 6.45) is 8.79. The van der Waals surface area contributed by atoms with Crippen molar-refractivity contribution in [2.24, 2.45) is 11.5 Å². The molecule has 2 aliphatic rings. The summed E-state index contributed by atoms with van der Waals surface area (Å²) >= 11 is 0. The summed E-state index contributed by atoms with van der Waals surface area (Å²) in [5.41, 5.74) is 17.8. The Morgan fingerprint density at radius 1 is 0.604 bits per heavy atom. The lowest BCUT2D eigenvalue weighted by atomic mass is 9.92. The summed E-state index contributed by atoms with van der Waals surface area (Å²) in [6.45, 7) is 4.34. The molecular weight excluding hydrogens is 600 g/mol. The van der Waals surface area contributed by atoms with Gasteiger partial charge >= 0.3 is 0 Å². The highest BCUT2D eigenvalue weighted by molar-refractivity contribution is 6.05. The van der Waals surface area contributed by atoms with Gasteiger partial charge in [0.25, 0.3) is 11.8 Å². The third-order valence-electron chi connectivity index (χ3n) is 9.46. The molecule has 0 saturated carbocycles.